The highest BCUT2D eigenvalue weighted by Gasteiger charge is 2.27. The second kappa shape index (κ2) is 8.46. The van der Waals surface area contributed by atoms with Crippen LogP contribution in [0.2, 0.25) is 5.02 Å². The van der Waals surface area contributed by atoms with Crippen LogP contribution in [0, 0.1) is 10.1 Å². The van der Waals surface area contributed by atoms with Crippen LogP contribution >= 0.6 is 11.6 Å². The lowest BCUT2D eigenvalue weighted by Crippen LogP contribution is -2.47. The molecule has 0 saturated carbocycles. The smallest absolute Gasteiger partial charge is 0.270 e. The van der Waals surface area contributed by atoms with Gasteiger partial charge in [-0.3, -0.25) is 14.9 Å². The van der Waals surface area contributed by atoms with E-state index >= 15 is 0 Å². The van der Waals surface area contributed by atoms with Crippen molar-refractivity contribution in [3.63, 3.8) is 0 Å². The number of hydrogen-bond donors (Lipinski definition) is 1. The first kappa shape index (κ1) is 21.2. The molecule has 1 aliphatic rings. The van der Waals surface area contributed by atoms with E-state index in [1.54, 1.807) is 6.07 Å². The van der Waals surface area contributed by atoms with Crippen molar-refractivity contribution in [2.45, 2.75) is 4.90 Å². The number of anilines is 1. The first-order valence-electron chi connectivity index (χ1n) is 8.72. The molecule has 0 spiro atoms. The van der Waals surface area contributed by atoms with E-state index in [1.165, 1.54) is 34.6 Å². The summed E-state index contributed by atoms with van der Waals surface area (Å²) in [4.78, 5) is 24.8. The van der Waals surface area contributed by atoms with Gasteiger partial charge in [0.2, 0.25) is 10.0 Å². The average Bonchev–Trinajstić information content (AvgIpc) is 2.68. The molecule has 1 saturated heterocycles. The molecular weight excluding hydrogens is 420 g/mol. The molecule has 0 aliphatic carbocycles. The molecule has 3 rings (SSSR count). The molecule has 154 valence electrons. The minimum absolute atomic E-state index is 0.0459. The third-order valence-corrected chi connectivity index (χ3v) is 6.81. The number of halogens is 1. The highest BCUT2D eigenvalue weighted by atomic mass is 35.5. The SMILES string of the molecule is CN1CCN(S(=O)(=O)c2cccc(NC(=O)c3ccc([N+](=O)[O-])cc3Cl)c2)CC1. The quantitative estimate of drug-likeness (QED) is 0.566. The van der Waals surface area contributed by atoms with Gasteiger partial charge in [-0.1, -0.05) is 17.7 Å². The second-order valence-corrected chi connectivity index (χ2v) is 8.96. The fourth-order valence-corrected chi connectivity index (χ4v) is 4.64. The Balaban J connectivity index is 1.79. The predicted octanol–water partition coefficient (Wildman–Crippen LogP) is 2.44. The van der Waals surface area contributed by atoms with Crippen LogP contribution in [0.4, 0.5) is 11.4 Å². The number of carbonyl (C=O) groups is 1. The van der Waals surface area contributed by atoms with Crippen LogP contribution in [0.25, 0.3) is 0 Å². The molecule has 1 amide bonds. The number of amides is 1. The Morgan fingerprint density at radius 2 is 1.83 bits per heavy atom. The van der Waals surface area contributed by atoms with Crippen LogP contribution in [0.1, 0.15) is 10.4 Å². The number of nitrogens with one attached hydrogen (secondary N) is 1. The lowest BCUT2D eigenvalue weighted by atomic mass is 10.2. The summed E-state index contributed by atoms with van der Waals surface area (Å²) < 4.78 is 27.2. The van der Waals surface area contributed by atoms with E-state index in [0.717, 1.165) is 6.07 Å². The zero-order chi connectivity index (χ0) is 21.2. The summed E-state index contributed by atoms with van der Waals surface area (Å²) in [5.74, 6) is -0.598. The Bertz CT molecular complexity index is 1050. The number of benzene rings is 2. The molecule has 1 fully saturated rings. The average molecular weight is 439 g/mol. The van der Waals surface area contributed by atoms with Crippen molar-refractivity contribution >= 4 is 38.9 Å². The highest BCUT2D eigenvalue weighted by molar-refractivity contribution is 7.89. The molecule has 0 radical (unpaired) electrons. The van der Waals surface area contributed by atoms with Gasteiger partial charge < -0.3 is 10.2 Å². The summed E-state index contributed by atoms with van der Waals surface area (Å²) in [6, 6.07) is 9.46. The molecule has 1 N–H and O–H groups in total. The Kier molecular flexibility index (Phi) is 6.18. The van der Waals surface area contributed by atoms with E-state index in [2.05, 4.69) is 10.2 Å². The molecular formula is C18H19ClN4O5S. The van der Waals surface area contributed by atoms with Crippen LogP contribution in [0.5, 0.6) is 0 Å². The fraction of sp³-hybridized carbons (Fsp3) is 0.278. The number of rotatable bonds is 5. The van der Waals surface area contributed by atoms with Gasteiger partial charge in [-0.15, -0.1) is 0 Å². The minimum Gasteiger partial charge on any atom is -0.322 e. The molecule has 2 aromatic rings. The summed E-state index contributed by atoms with van der Waals surface area (Å²) in [5, 5.41) is 13.3. The van der Waals surface area contributed by atoms with Crippen molar-refractivity contribution in [1.29, 1.82) is 0 Å². The number of carbonyl (C=O) groups excluding carboxylic acids is 1. The fourth-order valence-electron chi connectivity index (χ4n) is 2.91. The molecule has 2 aromatic carbocycles. The first-order chi connectivity index (χ1) is 13.7. The largest absolute Gasteiger partial charge is 0.322 e. The van der Waals surface area contributed by atoms with Gasteiger partial charge in [0.05, 0.1) is 20.4 Å². The topological polar surface area (TPSA) is 113 Å². The maximum atomic E-state index is 12.9. The lowest BCUT2D eigenvalue weighted by molar-refractivity contribution is -0.384. The van der Waals surface area contributed by atoms with E-state index in [-0.39, 0.29) is 26.9 Å². The Morgan fingerprint density at radius 3 is 2.45 bits per heavy atom. The van der Waals surface area contributed by atoms with E-state index < -0.39 is 20.9 Å². The molecule has 0 aromatic heterocycles. The van der Waals surface area contributed by atoms with Crippen LogP contribution in [-0.4, -0.2) is 61.7 Å². The van der Waals surface area contributed by atoms with Crippen molar-refractivity contribution in [3.05, 3.63) is 63.2 Å². The Morgan fingerprint density at radius 1 is 1.14 bits per heavy atom. The van der Waals surface area contributed by atoms with Gasteiger partial charge in [0.15, 0.2) is 0 Å². The zero-order valence-electron chi connectivity index (χ0n) is 15.5. The van der Waals surface area contributed by atoms with Crippen LogP contribution in [-0.2, 0) is 10.0 Å². The highest BCUT2D eigenvalue weighted by Crippen LogP contribution is 2.25. The molecule has 29 heavy (non-hydrogen) atoms. The third-order valence-electron chi connectivity index (χ3n) is 4.60. The van der Waals surface area contributed by atoms with E-state index in [1.807, 2.05) is 7.05 Å². The van der Waals surface area contributed by atoms with Gasteiger partial charge in [0.25, 0.3) is 11.6 Å². The maximum absolute atomic E-state index is 12.9. The summed E-state index contributed by atoms with van der Waals surface area (Å²) in [6.45, 7) is 2.09. The first-order valence-corrected chi connectivity index (χ1v) is 10.5. The number of likely N-dealkylation sites (N-methyl/N-ethyl adjacent to an activating group) is 1. The van der Waals surface area contributed by atoms with E-state index in [4.69, 9.17) is 11.6 Å². The van der Waals surface area contributed by atoms with Crippen LogP contribution < -0.4 is 5.32 Å². The lowest BCUT2D eigenvalue weighted by Gasteiger charge is -2.31. The number of nitro benzene ring substituents is 1. The van der Waals surface area contributed by atoms with Crippen molar-refractivity contribution in [2.75, 3.05) is 38.5 Å². The summed E-state index contributed by atoms with van der Waals surface area (Å²) in [7, 11) is -1.74. The molecule has 1 heterocycles. The second-order valence-electron chi connectivity index (χ2n) is 6.61. The van der Waals surface area contributed by atoms with Gasteiger partial charge in [-0.2, -0.15) is 4.31 Å². The van der Waals surface area contributed by atoms with E-state index in [0.29, 0.717) is 26.2 Å². The van der Waals surface area contributed by atoms with Crippen molar-refractivity contribution in [2.24, 2.45) is 0 Å². The van der Waals surface area contributed by atoms with E-state index in [9.17, 15) is 23.3 Å². The standard InChI is InChI=1S/C18H19ClN4O5S/c1-21-7-9-22(10-8-21)29(27,28)15-4-2-3-13(11-15)20-18(24)16-6-5-14(23(25)26)12-17(16)19/h2-6,11-12H,7-10H2,1H3,(H,20,24). The van der Waals surface area contributed by atoms with Crippen molar-refractivity contribution in [1.82, 2.24) is 9.21 Å². The number of sulfonamides is 1. The molecule has 0 unspecified atom stereocenters. The number of piperazine rings is 1. The number of nitro groups is 1. The summed E-state index contributed by atoms with van der Waals surface area (Å²) in [5.41, 5.74) is 0.0935. The van der Waals surface area contributed by atoms with Gasteiger partial charge in [-0.05, 0) is 31.3 Å². The predicted molar refractivity (Wildman–Crippen MR) is 109 cm³/mol. The molecule has 11 heteroatoms. The summed E-state index contributed by atoms with van der Waals surface area (Å²) >= 11 is 5.98. The number of non-ortho nitro benzene ring substituents is 1. The minimum atomic E-state index is -3.68. The third kappa shape index (κ3) is 4.73. The molecule has 0 bridgehead atoms. The van der Waals surface area contributed by atoms with Gasteiger partial charge in [0.1, 0.15) is 0 Å². The zero-order valence-corrected chi connectivity index (χ0v) is 17.1. The van der Waals surface area contributed by atoms with Gasteiger partial charge >= 0.3 is 0 Å². The van der Waals surface area contributed by atoms with Crippen molar-refractivity contribution < 1.29 is 18.1 Å². The van der Waals surface area contributed by atoms with Gasteiger partial charge in [-0.25, -0.2) is 8.42 Å². The molecule has 1 aliphatic heterocycles. The maximum Gasteiger partial charge on any atom is 0.270 e. The van der Waals surface area contributed by atoms with Crippen LogP contribution in [0.15, 0.2) is 47.4 Å². The molecule has 0 atom stereocenters. The Labute approximate surface area is 173 Å². The monoisotopic (exact) mass is 438 g/mol. The number of nitrogens with zero attached hydrogens (tertiary/aromatic N) is 3. The number of hydrogen-bond acceptors (Lipinski definition) is 6. The van der Waals surface area contributed by atoms with Crippen molar-refractivity contribution in [3.8, 4) is 0 Å². The molecule has 9 nitrogen and oxygen atoms in total. The normalized spacial score (nSPS) is 15.8. The van der Waals surface area contributed by atoms with Gasteiger partial charge in [0, 0.05) is 44.0 Å². The van der Waals surface area contributed by atoms with Crippen LogP contribution in [0.3, 0.4) is 0 Å². The summed E-state index contributed by atoms with van der Waals surface area (Å²) in [6.07, 6.45) is 0. The Hall–Kier alpha value is -2.53.